The Bertz CT molecular complexity index is 1900. The molecule has 9 nitrogen and oxygen atoms in total. The third kappa shape index (κ3) is 6.18. The number of ether oxygens (including phenoxy) is 1. The van der Waals surface area contributed by atoms with Gasteiger partial charge < -0.3 is 19.5 Å². The van der Waals surface area contributed by atoms with Crippen molar-refractivity contribution in [2.24, 2.45) is 7.05 Å². The molecule has 2 amide bonds. The zero-order valence-corrected chi connectivity index (χ0v) is 27.9. The van der Waals surface area contributed by atoms with E-state index in [1.807, 2.05) is 43.4 Å². The van der Waals surface area contributed by atoms with Gasteiger partial charge in [0.05, 0.1) is 29.7 Å². The predicted molar refractivity (Wildman–Crippen MR) is 199 cm³/mol. The predicted octanol–water partition coefficient (Wildman–Crippen LogP) is 8.42. The Morgan fingerprint density at radius 1 is 0.939 bits per heavy atom. The SMILES string of the molecule is C.C/C=C1\c2cc(C(=O)N3CCC[C@H]3C(=O)Nc3ccc4c(c3)cc(C(=O)OCC)n4C)ccc2N(C2CCCCC2)N1c1ccccc1.[HH]. The Morgan fingerprint density at radius 3 is 2.45 bits per heavy atom. The van der Waals surface area contributed by atoms with Crippen LogP contribution < -0.4 is 15.3 Å². The second-order valence-electron chi connectivity index (χ2n) is 12.9. The first-order valence-electron chi connectivity index (χ1n) is 17.2. The number of nitrogens with one attached hydrogen (secondary N) is 1. The summed E-state index contributed by atoms with van der Waals surface area (Å²) in [5.74, 6) is -0.730. The van der Waals surface area contributed by atoms with Gasteiger partial charge in [0.25, 0.3) is 5.91 Å². The Morgan fingerprint density at radius 2 is 1.71 bits per heavy atom. The molecule has 1 saturated carbocycles. The molecular weight excluding hydrogens is 614 g/mol. The van der Waals surface area contributed by atoms with Crippen molar-refractivity contribution in [2.45, 2.75) is 78.3 Å². The van der Waals surface area contributed by atoms with Gasteiger partial charge in [0.1, 0.15) is 11.7 Å². The molecule has 0 unspecified atom stereocenters. The smallest absolute Gasteiger partial charge is 0.354 e. The van der Waals surface area contributed by atoms with E-state index in [1.165, 1.54) is 19.3 Å². The van der Waals surface area contributed by atoms with Crippen molar-refractivity contribution in [1.29, 1.82) is 0 Å². The molecule has 0 radical (unpaired) electrons. The summed E-state index contributed by atoms with van der Waals surface area (Å²) < 4.78 is 6.98. The average molecular weight is 664 g/mol. The maximum absolute atomic E-state index is 14.1. The first-order chi connectivity index (χ1) is 23.4. The third-order valence-corrected chi connectivity index (χ3v) is 10.0. The van der Waals surface area contributed by atoms with Gasteiger partial charge in [0.15, 0.2) is 0 Å². The molecular formula is C40H49N5O4. The van der Waals surface area contributed by atoms with Crippen LogP contribution in [0.15, 0.2) is 78.9 Å². The lowest BCUT2D eigenvalue weighted by Gasteiger charge is -2.40. The lowest BCUT2D eigenvalue weighted by molar-refractivity contribution is -0.119. The maximum Gasteiger partial charge on any atom is 0.354 e. The highest BCUT2D eigenvalue weighted by Gasteiger charge is 2.39. The molecule has 3 aromatic carbocycles. The molecule has 1 saturated heterocycles. The number of hydrogen-bond donors (Lipinski definition) is 1. The van der Waals surface area contributed by atoms with Crippen molar-refractivity contribution in [2.75, 3.05) is 28.5 Å². The van der Waals surface area contributed by atoms with Crippen molar-refractivity contribution >= 4 is 51.4 Å². The topological polar surface area (TPSA) is 87.1 Å². The largest absolute Gasteiger partial charge is 0.461 e. The number of allylic oxidation sites excluding steroid dienone is 1. The van der Waals surface area contributed by atoms with Gasteiger partial charge in [-0.1, -0.05) is 51.0 Å². The van der Waals surface area contributed by atoms with Crippen LogP contribution >= 0.6 is 0 Å². The highest BCUT2D eigenvalue weighted by molar-refractivity contribution is 6.05. The van der Waals surface area contributed by atoms with E-state index in [9.17, 15) is 14.4 Å². The number of aromatic nitrogens is 1. The Balaban J connectivity index is 0.00000243. The van der Waals surface area contributed by atoms with E-state index in [0.717, 1.165) is 52.8 Å². The van der Waals surface area contributed by atoms with Crippen molar-refractivity contribution in [3.63, 3.8) is 0 Å². The van der Waals surface area contributed by atoms with Crippen LogP contribution in [0.1, 0.15) is 94.1 Å². The number of aryl methyl sites for hydroxylation is 1. The van der Waals surface area contributed by atoms with Crippen LogP contribution in [0.5, 0.6) is 0 Å². The number of carbonyl (C=O) groups excluding carboxylic acids is 3. The number of hydrazine groups is 1. The number of amides is 2. The molecule has 0 bridgehead atoms. The highest BCUT2D eigenvalue weighted by Crippen LogP contribution is 2.46. The number of hydrogen-bond acceptors (Lipinski definition) is 6. The highest BCUT2D eigenvalue weighted by atomic mass is 16.5. The summed E-state index contributed by atoms with van der Waals surface area (Å²) in [6.07, 6.45) is 9.46. The number of benzene rings is 3. The fourth-order valence-corrected chi connectivity index (χ4v) is 7.71. The van der Waals surface area contributed by atoms with Crippen LogP contribution in [-0.2, 0) is 16.6 Å². The molecule has 4 aromatic rings. The summed E-state index contributed by atoms with van der Waals surface area (Å²) in [6.45, 7) is 4.65. The minimum Gasteiger partial charge on any atom is -0.461 e. The van der Waals surface area contributed by atoms with Gasteiger partial charge in [-0.25, -0.2) is 4.79 Å². The normalized spacial score (nSPS) is 18.5. The van der Waals surface area contributed by atoms with Gasteiger partial charge in [-0.2, -0.15) is 0 Å². The number of likely N-dealkylation sites (tertiary alicyclic amines) is 1. The summed E-state index contributed by atoms with van der Waals surface area (Å²) in [4.78, 5) is 41.9. The van der Waals surface area contributed by atoms with Crippen LogP contribution in [0.3, 0.4) is 0 Å². The van der Waals surface area contributed by atoms with E-state index in [4.69, 9.17) is 4.74 Å². The van der Waals surface area contributed by atoms with Gasteiger partial charge in [-0.15, -0.1) is 0 Å². The summed E-state index contributed by atoms with van der Waals surface area (Å²) >= 11 is 0. The van der Waals surface area contributed by atoms with Crippen LogP contribution in [0, 0.1) is 0 Å². The average Bonchev–Trinajstić information content (AvgIpc) is 3.82. The minimum absolute atomic E-state index is 0. The zero-order chi connectivity index (χ0) is 33.4. The fraction of sp³-hybridized carbons (Fsp3) is 0.375. The maximum atomic E-state index is 14.1. The number of rotatable bonds is 7. The Labute approximate surface area is 290 Å². The lowest BCUT2D eigenvalue weighted by atomic mass is 9.94. The van der Waals surface area contributed by atoms with E-state index in [0.29, 0.717) is 42.6 Å². The number of anilines is 3. The summed E-state index contributed by atoms with van der Waals surface area (Å²) in [5, 5.41) is 8.62. The number of carbonyl (C=O) groups is 3. The molecule has 49 heavy (non-hydrogen) atoms. The molecule has 2 fully saturated rings. The first kappa shape index (κ1) is 33.8. The molecule has 1 atom stereocenters. The Hall–Kier alpha value is -5.05. The van der Waals surface area contributed by atoms with Gasteiger partial charge in [-0.3, -0.25) is 19.6 Å². The van der Waals surface area contributed by atoms with Crippen LogP contribution in [0.4, 0.5) is 17.1 Å². The van der Waals surface area contributed by atoms with Crippen molar-refractivity contribution in [1.82, 2.24) is 9.47 Å². The van der Waals surface area contributed by atoms with Gasteiger partial charge in [-0.05, 0) is 94.1 Å². The molecule has 258 valence electrons. The quantitative estimate of drug-likeness (QED) is 0.200. The number of para-hydroxylation sites is 1. The summed E-state index contributed by atoms with van der Waals surface area (Å²) in [6, 6.07) is 23.6. The van der Waals surface area contributed by atoms with Gasteiger partial charge >= 0.3 is 5.97 Å². The van der Waals surface area contributed by atoms with E-state index in [-0.39, 0.29) is 26.6 Å². The van der Waals surface area contributed by atoms with E-state index in [2.05, 4.69) is 58.7 Å². The number of esters is 1. The monoisotopic (exact) mass is 663 g/mol. The van der Waals surface area contributed by atoms with Crippen molar-refractivity contribution in [3.8, 4) is 0 Å². The molecule has 1 aliphatic carbocycles. The summed E-state index contributed by atoms with van der Waals surface area (Å²) in [5.41, 5.74) is 6.84. The van der Waals surface area contributed by atoms with Crippen LogP contribution in [-0.4, -0.2) is 52.5 Å². The summed E-state index contributed by atoms with van der Waals surface area (Å²) in [7, 11) is 1.82. The molecule has 7 rings (SSSR count). The number of fused-ring (bicyclic) bond motifs is 2. The van der Waals surface area contributed by atoms with Gasteiger partial charge in [0.2, 0.25) is 5.91 Å². The van der Waals surface area contributed by atoms with Gasteiger partial charge in [0, 0.05) is 42.7 Å². The molecule has 1 N–H and O–H groups in total. The Kier molecular flexibility index (Phi) is 9.81. The number of nitrogens with zero attached hydrogens (tertiary/aromatic N) is 4. The molecule has 2 aliphatic heterocycles. The van der Waals surface area contributed by atoms with E-state index < -0.39 is 6.04 Å². The van der Waals surface area contributed by atoms with Crippen LogP contribution in [0.25, 0.3) is 16.6 Å². The van der Waals surface area contributed by atoms with Crippen molar-refractivity contribution < 1.29 is 20.5 Å². The molecule has 3 aliphatic rings. The van der Waals surface area contributed by atoms with Crippen molar-refractivity contribution in [3.05, 3.63) is 95.7 Å². The minimum atomic E-state index is -0.576. The lowest BCUT2D eigenvalue weighted by Crippen LogP contribution is -2.45. The van der Waals surface area contributed by atoms with Crippen LogP contribution in [0.2, 0.25) is 0 Å². The molecule has 3 heterocycles. The van der Waals surface area contributed by atoms with E-state index >= 15 is 0 Å². The zero-order valence-electron chi connectivity index (χ0n) is 27.9. The standard InChI is InChI=1S/C39H43N5O4.CH4.H2/c1-4-32-31-24-26(18-20-34(31)44(30-15-10-7-11-16-30)43(32)29-13-8-6-9-14-29)38(46)42-22-12-17-35(42)37(45)40-28-19-21-33-27(23-28)25-36(41(33)3)39(47)48-5-2;;/h4,6,8-9,13-14,18-21,23-25,30,35H,5,7,10-12,15-17,22H2,1-3H3,(H,40,45);1H4;1H/b32-4+;;/t35-;;/m0../s1. The molecule has 1 aromatic heterocycles. The van der Waals surface area contributed by atoms with E-state index in [1.54, 1.807) is 22.5 Å². The fourth-order valence-electron chi connectivity index (χ4n) is 7.71. The second kappa shape index (κ2) is 14.2. The second-order valence-corrected chi connectivity index (χ2v) is 12.9. The molecule has 9 heteroatoms. The third-order valence-electron chi connectivity index (χ3n) is 10.0. The molecule has 0 spiro atoms. The first-order valence-corrected chi connectivity index (χ1v) is 17.2.